The molecule has 4 nitrogen and oxygen atoms in total. The quantitative estimate of drug-likeness (QED) is 0.820. The fourth-order valence-electron chi connectivity index (χ4n) is 1.84. The first kappa shape index (κ1) is 15.1. The van der Waals surface area contributed by atoms with Gasteiger partial charge in [-0.3, -0.25) is 4.79 Å². The number of carbonyl (C=O) groups excluding carboxylic acids is 1. The molecule has 5 heteroatoms. The molecule has 0 saturated carbocycles. The molecule has 0 spiro atoms. The van der Waals surface area contributed by atoms with Gasteiger partial charge in [0.05, 0.1) is 6.10 Å². The summed E-state index contributed by atoms with van der Waals surface area (Å²) in [6.07, 6.45) is 1.86. The van der Waals surface area contributed by atoms with E-state index >= 15 is 0 Å². The van der Waals surface area contributed by atoms with Gasteiger partial charge in [-0.25, -0.2) is 4.98 Å². The molecule has 1 amide bonds. The molecule has 0 radical (unpaired) electrons. The Morgan fingerprint density at radius 1 is 1.61 bits per heavy atom. The maximum atomic E-state index is 11.9. The number of halogens is 1. The van der Waals surface area contributed by atoms with E-state index in [-0.39, 0.29) is 17.4 Å². The van der Waals surface area contributed by atoms with Gasteiger partial charge in [0.15, 0.2) is 0 Å². The van der Waals surface area contributed by atoms with E-state index in [1.54, 1.807) is 25.3 Å². The summed E-state index contributed by atoms with van der Waals surface area (Å²) in [7, 11) is 0. The maximum Gasteiger partial charge on any atom is 0.251 e. The molecular weight excluding hydrogens is 296 g/mol. The number of nitrogens with zero attached hydrogens (tertiary/aromatic N) is 1. The molecule has 0 aromatic carbocycles. The third kappa shape index (κ3) is 5.14. The first-order valence-corrected chi connectivity index (χ1v) is 6.67. The molecule has 100 valence electrons. The van der Waals surface area contributed by atoms with Gasteiger partial charge in [-0.15, -0.1) is 0 Å². The number of carbonyl (C=O) groups is 1. The van der Waals surface area contributed by atoms with Crippen LogP contribution in [0.1, 0.15) is 37.6 Å². The summed E-state index contributed by atoms with van der Waals surface area (Å²) >= 11 is 3.23. The highest BCUT2D eigenvalue weighted by atomic mass is 79.9. The minimum Gasteiger partial charge on any atom is -0.393 e. The van der Waals surface area contributed by atoms with Crippen molar-refractivity contribution in [3.63, 3.8) is 0 Å². The number of pyridine rings is 1. The summed E-state index contributed by atoms with van der Waals surface area (Å²) in [5.74, 6) is -0.128. The lowest BCUT2D eigenvalue weighted by Gasteiger charge is -2.26. The van der Waals surface area contributed by atoms with E-state index in [0.29, 0.717) is 23.1 Å². The molecule has 18 heavy (non-hydrogen) atoms. The van der Waals surface area contributed by atoms with Crippen molar-refractivity contribution in [2.24, 2.45) is 5.41 Å². The summed E-state index contributed by atoms with van der Waals surface area (Å²) in [6, 6.07) is 3.35. The number of aromatic nitrogens is 1. The topological polar surface area (TPSA) is 62.2 Å². The van der Waals surface area contributed by atoms with Crippen molar-refractivity contribution < 1.29 is 9.90 Å². The van der Waals surface area contributed by atoms with Crippen LogP contribution in [0.5, 0.6) is 0 Å². The molecule has 2 N–H and O–H groups in total. The zero-order chi connectivity index (χ0) is 13.8. The van der Waals surface area contributed by atoms with Crippen LogP contribution in [-0.4, -0.2) is 28.6 Å². The van der Waals surface area contributed by atoms with Gasteiger partial charge in [0.25, 0.3) is 5.91 Å². The first-order valence-electron chi connectivity index (χ1n) is 5.88. The minimum atomic E-state index is -0.369. The lowest BCUT2D eigenvalue weighted by Crippen LogP contribution is -2.35. The van der Waals surface area contributed by atoms with Gasteiger partial charge in [0.2, 0.25) is 0 Å². The van der Waals surface area contributed by atoms with Crippen molar-refractivity contribution in [2.75, 3.05) is 6.54 Å². The highest BCUT2D eigenvalue weighted by Gasteiger charge is 2.21. The van der Waals surface area contributed by atoms with Crippen molar-refractivity contribution in [3.05, 3.63) is 28.5 Å². The fourth-order valence-corrected chi connectivity index (χ4v) is 2.20. The van der Waals surface area contributed by atoms with Crippen molar-refractivity contribution in [2.45, 2.75) is 33.3 Å². The Balaban J connectivity index is 2.56. The first-order chi connectivity index (χ1) is 8.30. The second-order valence-electron chi connectivity index (χ2n) is 5.27. The van der Waals surface area contributed by atoms with E-state index in [1.807, 2.05) is 13.8 Å². The largest absolute Gasteiger partial charge is 0.393 e. The Morgan fingerprint density at radius 3 is 2.83 bits per heavy atom. The SMILES string of the molecule is CC(O)CC(C)(C)CNC(=O)c1ccnc(Br)c1. The number of aliphatic hydroxyl groups is 1. The van der Waals surface area contributed by atoms with Crippen LogP contribution in [0.4, 0.5) is 0 Å². The van der Waals surface area contributed by atoms with E-state index < -0.39 is 0 Å². The van der Waals surface area contributed by atoms with Crippen LogP contribution >= 0.6 is 15.9 Å². The zero-order valence-electron chi connectivity index (χ0n) is 10.9. The Labute approximate surface area is 116 Å². The molecule has 1 aromatic rings. The molecule has 1 rings (SSSR count). The highest BCUT2D eigenvalue weighted by Crippen LogP contribution is 2.21. The third-order valence-electron chi connectivity index (χ3n) is 2.56. The summed E-state index contributed by atoms with van der Waals surface area (Å²) in [5.41, 5.74) is 0.443. The molecule has 1 heterocycles. The van der Waals surface area contributed by atoms with Gasteiger partial charge >= 0.3 is 0 Å². The second kappa shape index (κ2) is 6.29. The Hall–Kier alpha value is -0.940. The lowest BCUT2D eigenvalue weighted by molar-refractivity contribution is 0.0902. The van der Waals surface area contributed by atoms with E-state index in [1.165, 1.54) is 0 Å². The standard InChI is InChI=1S/C13H19BrN2O2/c1-9(17)7-13(2,3)8-16-12(18)10-4-5-15-11(14)6-10/h4-6,9,17H,7-8H2,1-3H3,(H,16,18). The third-order valence-corrected chi connectivity index (χ3v) is 3.00. The Bertz CT molecular complexity index is 419. The van der Waals surface area contributed by atoms with Crippen molar-refractivity contribution >= 4 is 21.8 Å². The number of hydrogen-bond acceptors (Lipinski definition) is 3. The Morgan fingerprint density at radius 2 is 2.28 bits per heavy atom. The number of aliphatic hydroxyl groups excluding tert-OH is 1. The van der Waals surface area contributed by atoms with Crippen LogP contribution in [0.25, 0.3) is 0 Å². The molecule has 0 saturated heterocycles. The minimum absolute atomic E-state index is 0.128. The van der Waals surface area contributed by atoms with Gasteiger partial charge in [-0.2, -0.15) is 0 Å². The number of hydrogen-bond donors (Lipinski definition) is 2. The number of rotatable bonds is 5. The summed E-state index contributed by atoms with van der Waals surface area (Å²) in [6.45, 7) is 6.31. The number of nitrogens with one attached hydrogen (secondary N) is 1. The van der Waals surface area contributed by atoms with Crippen molar-refractivity contribution in [1.29, 1.82) is 0 Å². The molecule has 1 aromatic heterocycles. The molecule has 0 aliphatic rings. The van der Waals surface area contributed by atoms with Crippen LogP contribution in [-0.2, 0) is 0 Å². The normalized spacial score (nSPS) is 13.2. The molecule has 1 atom stereocenters. The molecule has 0 aliphatic heterocycles. The van der Waals surface area contributed by atoms with E-state index in [0.717, 1.165) is 0 Å². The average molecular weight is 315 g/mol. The maximum absolute atomic E-state index is 11.9. The van der Waals surface area contributed by atoms with Crippen LogP contribution < -0.4 is 5.32 Å². The van der Waals surface area contributed by atoms with Gasteiger partial charge in [0.1, 0.15) is 4.60 Å². The van der Waals surface area contributed by atoms with Crippen LogP contribution in [0.2, 0.25) is 0 Å². The highest BCUT2D eigenvalue weighted by molar-refractivity contribution is 9.10. The predicted molar refractivity (Wildman–Crippen MR) is 74.3 cm³/mol. The molecule has 0 bridgehead atoms. The molecular formula is C13H19BrN2O2. The van der Waals surface area contributed by atoms with Crippen molar-refractivity contribution in [1.82, 2.24) is 10.3 Å². The molecule has 1 unspecified atom stereocenters. The van der Waals surface area contributed by atoms with E-state index in [4.69, 9.17) is 0 Å². The monoisotopic (exact) mass is 314 g/mol. The predicted octanol–water partition coefficient (Wildman–Crippen LogP) is 2.37. The zero-order valence-corrected chi connectivity index (χ0v) is 12.5. The molecule has 0 fully saturated rings. The second-order valence-corrected chi connectivity index (χ2v) is 6.08. The van der Waals surface area contributed by atoms with Crippen LogP contribution in [0, 0.1) is 5.41 Å². The van der Waals surface area contributed by atoms with E-state index in [9.17, 15) is 9.90 Å². The lowest BCUT2D eigenvalue weighted by atomic mass is 9.87. The average Bonchev–Trinajstić information content (AvgIpc) is 2.24. The smallest absolute Gasteiger partial charge is 0.251 e. The fraction of sp³-hybridized carbons (Fsp3) is 0.538. The molecule has 0 aliphatic carbocycles. The van der Waals surface area contributed by atoms with Gasteiger partial charge in [-0.05, 0) is 46.8 Å². The Kier molecular flexibility index (Phi) is 5.28. The van der Waals surface area contributed by atoms with Crippen LogP contribution in [0.15, 0.2) is 22.9 Å². The van der Waals surface area contributed by atoms with E-state index in [2.05, 4.69) is 26.2 Å². The van der Waals surface area contributed by atoms with Crippen LogP contribution in [0.3, 0.4) is 0 Å². The number of amides is 1. The van der Waals surface area contributed by atoms with Gasteiger partial charge in [0, 0.05) is 18.3 Å². The van der Waals surface area contributed by atoms with Crippen molar-refractivity contribution in [3.8, 4) is 0 Å². The van der Waals surface area contributed by atoms with Gasteiger partial charge in [-0.1, -0.05) is 13.8 Å². The van der Waals surface area contributed by atoms with Gasteiger partial charge < -0.3 is 10.4 Å². The summed E-state index contributed by atoms with van der Waals surface area (Å²) in [4.78, 5) is 15.9. The summed E-state index contributed by atoms with van der Waals surface area (Å²) < 4.78 is 0.637. The summed E-state index contributed by atoms with van der Waals surface area (Å²) in [5, 5.41) is 12.3.